The molecule has 1 heterocycles. The van der Waals surface area contributed by atoms with Crippen LogP contribution in [0.1, 0.15) is 39.0 Å². The minimum atomic E-state index is 0.408. The van der Waals surface area contributed by atoms with Gasteiger partial charge in [0.1, 0.15) is 0 Å². The lowest BCUT2D eigenvalue weighted by molar-refractivity contribution is -0.135. The van der Waals surface area contributed by atoms with E-state index in [2.05, 4.69) is 6.92 Å². The van der Waals surface area contributed by atoms with Crippen LogP contribution in [0.2, 0.25) is 0 Å². The summed E-state index contributed by atoms with van der Waals surface area (Å²) in [4.78, 5) is 13.6. The molecule has 0 aromatic carbocycles. The SMILES string of the molecule is CC1CCC(CC(=O)N2CCC2)C1. The van der Waals surface area contributed by atoms with E-state index in [0.717, 1.165) is 25.4 Å². The summed E-state index contributed by atoms with van der Waals surface area (Å²) in [5.74, 6) is 1.96. The van der Waals surface area contributed by atoms with Gasteiger partial charge in [-0.15, -0.1) is 0 Å². The fraction of sp³-hybridized carbons (Fsp3) is 0.909. The van der Waals surface area contributed by atoms with Gasteiger partial charge < -0.3 is 4.90 Å². The Labute approximate surface area is 80.3 Å². The Morgan fingerprint density at radius 1 is 1.38 bits per heavy atom. The van der Waals surface area contributed by atoms with Gasteiger partial charge in [0.25, 0.3) is 0 Å². The highest BCUT2D eigenvalue weighted by atomic mass is 16.2. The molecule has 0 aromatic heterocycles. The van der Waals surface area contributed by atoms with Crippen molar-refractivity contribution in [2.45, 2.75) is 39.0 Å². The van der Waals surface area contributed by atoms with E-state index in [0.29, 0.717) is 11.8 Å². The Kier molecular flexibility index (Phi) is 2.56. The van der Waals surface area contributed by atoms with Gasteiger partial charge in [-0.25, -0.2) is 0 Å². The number of nitrogens with zero attached hydrogens (tertiary/aromatic N) is 1. The molecule has 2 rings (SSSR count). The van der Waals surface area contributed by atoms with Gasteiger partial charge >= 0.3 is 0 Å². The standard InChI is InChI=1S/C11H19NO/c1-9-3-4-10(7-9)8-11(13)12-5-2-6-12/h9-10H,2-8H2,1H3. The second kappa shape index (κ2) is 3.69. The van der Waals surface area contributed by atoms with Crippen LogP contribution < -0.4 is 0 Å². The summed E-state index contributed by atoms with van der Waals surface area (Å²) in [5.41, 5.74) is 0. The lowest BCUT2D eigenvalue weighted by atomic mass is 10.0. The molecule has 2 nitrogen and oxygen atoms in total. The Hall–Kier alpha value is -0.530. The molecule has 0 aromatic rings. The monoisotopic (exact) mass is 181 g/mol. The maximum Gasteiger partial charge on any atom is 0.222 e. The molecule has 2 heteroatoms. The summed E-state index contributed by atoms with van der Waals surface area (Å²) >= 11 is 0. The van der Waals surface area contributed by atoms with Crippen LogP contribution in [-0.2, 0) is 4.79 Å². The lowest BCUT2D eigenvalue weighted by Gasteiger charge is -2.31. The highest BCUT2D eigenvalue weighted by molar-refractivity contribution is 5.77. The van der Waals surface area contributed by atoms with E-state index in [1.165, 1.54) is 25.7 Å². The number of carbonyl (C=O) groups excluding carboxylic acids is 1. The summed E-state index contributed by atoms with van der Waals surface area (Å²) < 4.78 is 0. The van der Waals surface area contributed by atoms with Gasteiger partial charge in [-0.05, 0) is 31.1 Å². The van der Waals surface area contributed by atoms with Crippen molar-refractivity contribution in [1.29, 1.82) is 0 Å². The predicted octanol–water partition coefficient (Wildman–Crippen LogP) is 2.04. The molecule has 1 saturated carbocycles. The van der Waals surface area contributed by atoms with E-state index in [1.807, 2.05) is 4.90 Å². The Morgan fingerprint density at radius 3 is 2.62 bits per heavy atom. The molecular weight excluding hydrogens is 162 g/mol. The first-order valence-corrected chi connectivity index (χ1v) is 5.53. The van der Waals surface area contributed by atoms with E-state index >= 15 is 0 Å². The van der Waals surface area contributed by atoms with Crippen LogP contribution in [0.5, 0.6) is 0 Å². The topological polar surface area (TPSA) is 20.3 Å². The minimum Gasteiger partial charge on any atom is -0.343 e. The van der Waals surface area contributed by atoms with Crippen molar-refractivity contribution in [3.8, 4) is 0 Å². The van der Waals surface area contributed by atoms with Crippen LogP contribution in [0.4, 0.5) is 0 Å². The Balaban J connectivity index is 1.74. The molecule has 1 saturated heterocycles. The molecule has 0 spiro atoms. The predicted molar refractivity (Wildman–Crippen MR) is 52.3 cm³/mol. The fourth-order valence-corrected chi connectivity index (χ4v) is 2.45. The third-order valence-corrected chi connectivity index (χ3v) is 3.48. The molecule has 0 bridgehead atoms. The van der Waals surface area contributed by atoms with Gasteiger partial charge in [0.15, 0.2) is 0 Å². The largest absolute Gasteiger partial charge is 0.343 e. The molecular formula is C11H19NO. The molecule has 2 unspecified atom stereocenters. The van der Waals surface area contributed by atoms with E-state index < -0.39 is 0 Å². The van der Waals surface area contributed by atoms with Crippen LogP contribution in [0.15, 0.2) is 0 Å². The molecule has 2 fully saturated rings. The molecule has 2 aliphatic rings. The first kappa shape index (κ1) is 9.04. The number of rotatable bonds is 2. The van der Waals surface area contributed by atoms with Crippen LogP contribution >= 0.6 is 0 Å². The molecule has 1 aliphatic carbocycles. The van der Waals surface area contributed by atoms with Crippen molar-refractivity contribution in [1.82, 2.24) is 4.90 Å². The average molecular weight is 181 g/mol. The summed E-state index contributed by atoms with van der Waals surface area (Å²) in [6.45, 7) is 4.33. The van der Waals surface area contributed by atoms with Crippen molar-refractivity contribution < 1.29 is 4.79 Å². The number of carbonyl (C=O) groups is 1. The minimum absolute atomic E-state index is 0.408. The van der Waals surface area contributed by atoms with Crippen LogP contribution in [-0.4, -0.2) is 23.9 Å². The summed E-state index contributed by atoms with van der Waals surface area (Å²) in [7, 11) is 0. The lowest BCUT2D eigenvalue weighted by Crippen LogP contribution is -2.42. The van der Waals surface area contributed by atoms with Crippen molar-refractivity contribution >= 4 is 5.91 Å². The highest BCUT2D eigenvalue weighted by Gasteiger charge is 2.27. The first-order chi connectivity index (χ1) is 6.25. The zero-order valence-electron chi connectivity index (χ0n) is 8.46. The quantitative estimate of drug-likeness (QED) is 0.638. The molecule has 74 valence electrons. The molecule has 1 aliphatic heterocycles. The molecule has 2 atom stereocenters. The average Bonchev–Trinajstić information content (AvgIpc) is 2.31. The molecule has 0 N–H and O–H groups in total. The smallest absolute Gasteiger partial charge is 0.222 e. The van der Waals surface area contributed by atoms with Crippen LogP contribution in [0, 0.1) is 11.8 Å². The Morgan fingerprint density at radius 2 is 2.15 bits per heavy atom. The maximum atomic E-state index is 11.6. The van der Waals surface area contributed by atoms with Crippen LogP contribution in [0.25, 0.3) is 0 Å². The van der Waals surface area contributed by atoms with E-state index in [-0.39, 0.29) is 0 Å². The van der Waals surface area contributed by atoms with E-state index in [1.54, 1.807) is 0 Å². The van der Waals surface area contributed by atoms with Gasteiger partial charge in [0, 0.05) is 19.5 Å². The summed E-state index contributed by atoms with van der Waals surface area (Å²) in [6, 6.07) is 0. The normalized spacial score (nSPS) is 33.2. The third-order valence-electron chi connectivity index (χ3n) is 3.48. The number of amides is 1. The molecule has 0 radical (unpaired) electrons. The van der Waals surface area contributed by atoms with Crippen LogP contribution in [0.3, 0.4) is 0 Å². The third kappa shape index (κ3) is 2.04. The van der Waals surface area contributed by atoms with E-state index in [9.17, 15) is 4.79 Å². The summed E-state index contributed by atoms with van der Waals surface area (Å²) in [5, 5.41) is 0. The van der Waals surface area contributed by atoms with Gasteiger partial charge in [-0.3, -0.25) is 4.79 Å². The van der Waals surface area contributed by atoms with Crippen molar-refractivity contribution in [2.24, 2.45) is 11.8 Å². The number of hydrogen-bond acceptors (Lipinski definition) is 1. The second-order valence-corrected chi connectivity index (χ2v) is 4.72. The van der Waals surface area contributed by atoms with Gasteiger partial charge in [-0.2, -0.15) is 0 Å². The zero-order chi connectivity index (χ0) is 9.26. The summed E-state index contributed by atoms with van der Waals surface area (Å²) in [6.07, 6.45) is 5.93. The van der Waals surface area contributed by atoms with Gasteiger partial charge in [-0.1, -0.05) is 13.3 Å². The maximum absolute atomic E-state index is 11.6. The van der Waals surface area contributed by atoms with Crippen molar-refractivity contribution in [3.63, 3.8) is 0 Å². The zero-order valence-corrected chi connectivity index (χ0v) is 8.46. The Bertz CT molecular complexity index is 198. The second-order valence-electron chi connectivity index (χ2n) is 4.72. The fourth-order valence-electron chi connectivity index (χ4n) is 2.45. The molecule has 13 heavy (non-hydrogen) atoms. The van der Waals surface area contributed by atoms with Gasteiger partial charge in [0.2, 0.25) is 5.91 Å². The first-order valence-electron chi connectivity index (χ1n) is 5.53. The number of likely N-dealkylation sites (tertiary alicyclic amines) is 1. The van der Waals surface area contributed by atoms with Crippen molar-refractivity contribution in [3.05, 3.63) is 0 Å². The highest BCUT2D eigenvalue weighted by Crippen LogP contribution is 2.33. The number of hydrogen-bond donors (Lipinski definition) is 0. The van der Waals surface area contributed by atoms with Crippen molar-refractivity contribution in [2.75, 3.05) is 13.1 Å². The van der Waals surface area contributed by atoms with E-state index in [4.69, 9.17) is 0 Å². The van der Waals surface area contributed by atoms with Gasteiger partial charge in [0.05, 0.1) is 0 Å². The molecule has 1 amide bonds.